The molecule has 5 nitrogen and oxygen atoms in total. The Morgan fingerprint density at radius 1 is 1.06 bits per heavy atom. The van der Waals surface area contributed by atoms with Crippen LogP contribution in [0, 0.1) is 0 Å². The molecule has 3 heterocycles. The van der Waals surface area contributed by atoms with E-state index in [4.69, 9.17) is 4.98 Å². The molecule has 0 aliphatic carbocycles. The van der Waals surface area contributed by atoms with E-state index in [1.807, 2.05) is 58.8 Å². The highest BCUT2D eigenvalue weighted by molar-refractivity contribution is 7.99. The number of hydrogen-bond acceptors (Lipinski definition) is 5. The number of carbonyl (C=O) groups excluding carboxylic acids is 1. The molecule has 1 aliphatic rings. The molecule has 1 aliphatic heterocycles. The van der Waals surface area contributed by atoms with E-state index < -0.39 is 0 Å². The van der Waals surface area contributed by atoms with Crippen molar-refractivity contribution in [2.45, 2.75) is 31.0 Å². The molecule has 0 saturated carbocycles. The normalized spacial score (nSPS) is 13.3. The van der Waals surface area contributed by atoms with E-state index >= 15 is 0 Å². The summed E-state index contributed by atoms with van der Waals surface area (Å²) in [5.74, 6) is 0.298. The zero-order chi connectivity index (χ0) is 21.9. The average Bonchev–Trinajstić information content (AvgIpc) is 3.35. The molecule has 2 aromatic carbocycles. The molecule has 0 bridgehead atoms. The van der Waals surface area contributed by atoms with Gasteiger partial charge in [0.1, 0.15) is 0 Å². The smallest absolute Gasteiger partial charge is 0.262 e. The zero-order valence-corrected chi connectivity index (χ0v) is 19.2. The Hall–Kier alpha value is -2.90. The van der Waals surface area contributed by atoms with Crippen LogP contribution in [0.4, 0.5) is 5.69 Å². The summed E-state index contributed by atoms with van der Waals surface area (Å²) in [5.41, 5.74) is 2.84. The van der Waals surface area contributed by atoms with Gasteiger partial charge in [-0.05, 0) is 54.5 Å². The lowest BCUT2D eigenvalue weighted by molar-refractivity contribution is -0.116. The van der Waals surface area contributed by atoms with Crippen molar-refractivity contribution in [3.05, 3.63) is 86.8 Å². The summed E-state index contributed by atoms with van der Waals surface area (Å²) in [7, 11) is 0. The van der Waals surface area contributed by atoms with Crippen LogP contribution in [0.2, 0.25) is 0 Å². The van der Waals surface area contributed by atoms with E-state index in [0.717, 1.165) is 31.5 Å². The number of amides is 1. The van der Waals surface area contributed by atoms with E-state index in [1.54, 1.807) is 15.9 Å². The average molecular weight is 462 g/mol. The van der Waals surface area contributed by atoms with Gasteiger partial charge >= 0.3 is 0 Å². The second-order valence-electron chi connectivity index (χ2n) is 7.76. The molecule has 0 fully saturated rings. The Morgan fingerprint density at radius 2 is 1.91 bits per heavy atom. The zero-order valence-electron chi connectivity index (χ0n) is 17.6. The van der Waals surface area contributed by atoms with Crippen LogP contribution in [0.5, 0.6) is 0 Å². The number of para-hydroxylation sites is 2. The fourth-order valence-corrected chi connectivity index (χ4v) is 5.73. The van der Waals surface area contributed by atoms with Crippen molar-refractivity contribution < 1.29 is 4.79 Å². The number of fused-ring (bicyclic) bond motifs is 2. The van der Waals surface area contributed by atoms with Crippen LogP contribution in [0.25, 0.3) is 10.9 Å². The molecule has 5 rings (SSSR count). The SMILES string of the molecule is O=C(CSc1nc2ccccc2c(=O)n1CCc1cccs1)N1CCCc2ccccc21. The van der Waals surface area contributed by atoms with Gasteiger partial charge in [-0.3, -0.25) is 14.2 Å². The summed E-state index contributed by atoms with van der Waals surface area (Å²) < 4.78 is 1.73. The molecule has 7 heteroatoms. The second kappa shape index (κ2) is 9.30. The van der Waals surface area contributed by atoms with Crippen LogP contribution < -0.4 is 10.5 Å². The molecular weight excluding hydrogens is 438 g/mol. The molecule has 0 unspecified atom stereocenters. The van der Waals surface area contributed by atoms with E-state index in [1.165, 1.54) is 22.2 Å². The summed E-state index contributed by atoms with van der Waals surface area (Å²) in [4.78, 5) is 34.2. The third kappa shape index (κ3) is 4.23. The minimum atomic E-state index is -0.0505. The van der Waals surface area contributed by atoms with Crippen molar-refractivity contribution in [2.24, 2.45) is 0 Å². The number of aromatic nitrogens is 2. The summed E-state index contributed by atoms with van der Waals surface area (Å²) in [6.07, 6.45) is 2.73. The lowest BCUT2D eigenvalue weighted by Gasteiger charge is -2.29. The van der Waals surface area contributed by atoms with Crippen molar-refractivity contribution in [1.29, 1.82) is 0 Å². The molecule has 0 spiro atoms. The van der Waals surface area contributed by atoms with Gasteiger partial charge in [-0.1, -0.05) is 48.2 Å². The standard InChI is InChI=1S/C25H23N3O2S2/c29-23(27-14-5-8-18-7-1-4-12-22(18)27)17-32-25-26-21-11-3-2-10-20(21)24(30)28(25)15-13-19-9-6-16-31-19/h1-4,6-7,9-12,16H,5,8,13-15,17H2. The van der Waals surface area contributed by atoms with Crippen molar-refractivity contribution >= 4 is 45.6 Å². The first kappa shape index (κ1) is 21.0. The van der Waals surface area contributed by atoms with Crippen molar-refractivity contribution in [3.8, 4) is 0 Å². The van der Waals surface area contributed by atoms with Gasteiger partial charge < -0.3 is 4.90 Å². The van der Waals surface area contributed by atoms with Crippen molar-refractivity contribution in [2.75, 3.05) is 17.2 Å². The number of benzene rings is 2. The first-order chi connectivity index (χ1) is 15.7. The molecule has 0 N–H and O–H groups in total. The number of rotatable bonds is 6. The molecule has 4 aromatic rings. The van der Waals surface area contributed by atoms with E-state index in [2.05, 4.69) is 12.1 Å². The highest BCUT2D eigenvalue weighted by Crippen LogP contribution is 2.28. The van der Waals surface area contributed by atoms with Gasteiger partial charge in [-0.25, -0.2) is 4.98 Å². The molecule has 162 valence electrons. The predicted octanol–water partition coefficient (Wildman–Crippen LogP) is 4.77. The van der Waals surface area contributed by atoms with Crippen LogP contribution in [-0.4, -0.2) is 27.8 Å². The number of thiophene rings is 1. The Morgan fingerprint density at radius 3 is 2.78 bits per heavy atom. The largest absolute Gasteiger partial charge is 0.311 e. The minimum absolute atomic E-state index is 0.0503. The van der Waals surface area contributed by atoms with E-state index in [0.29, 0.717) is 22.6 Å². The highest BCUT2D eigenvalue weighted by Gasteiger charge is 2.23. The minimum Gasteiger partial charge on any atom is -0.311 e. The Balaban J connectivity index is 1.41. The number of thioether (sulfide) groups is 1. The molecule has 0 atom stereocenters. The lowest BCUT2D eigenvalue weighted by atomic mass is 10.0. The predicted molar refractivity (Wildman–Crippen MR) is 132 cm³/mol. The number of nitrogens with zero attached hydrogens (tertiary/aromatic N) is 3. The van der Waals surface area contributed by atoms with Gasteiger partial charge in [0.25, 0.3) is 5.56 Å². The van der Waals surface area contributed by atoms with Crippen molar-refractivity contribution in [1.82, 2.24) is 9.55 Å². The first-order valence-electron chi connectivity index (χ1n) is 10.7. The maximum atomic E-state index is 13.2. The van der Waals surface area contributed by atoms with Crippen molar-refractivity contribution in [3.63, 3.8) is 0 Å². The van der Waals surface area contributed by atoms with Crippen LogP contribution in [0.3, 0.4) is 0 Å². The Labute approximate surface area is 194 Å². The van der Waals surface area contributed by atoms with Gasteiger partial charge in [0.15, 0.2) is 5.16 Å². The van der Waals surface area contributed by atoms with Gasteiger partial charge in [0.05, 0.1) is 16.7 Å². The lowest BCUT2D eigenvalue weighted by Crippen LogP contribution is -2.36. The fraction of sp³-hybridized carbons (Fsp3) is 0.240. The van der Waals surface area contributed by atoms with Crippen LogP contribution >= 0.6 is 23.1 Å². The third-order valence-corrected chi connectivity index (χ3v) is 7.62. The molecule has 0 radical (unpaired) electrons. The monoisotopic (exact) mass is 461 g/mol. The number of anilines is 1. The van der Waals surface area contributed by atoms with E-state index in [-0.39, 0.29) is 17.2 Å². The maximum absolute atomic E-state index is 13.2. The van der Waals surface area contributed by atoms with Gasteiger partial charge in [-0.2, -0.15) is 0 Å². The molecule has 2 aromatic heterocycles. The molecule has 32 heavy (non-hydrogen) atoms. The maximum Gasteiger partial charge on any atom is 0.262 e. The quantitative estimate of drug-likeness (QED) is 0.307. The topological polar surface area (TPSA) is 55.2 Å². The van der Waals surface area contributed by atoms with Crippen LogP contribution in [0.1, 0.15) is 16.9 Å². The number of carbonyl (C=O) groups is 1. The second-order valence-corrected chi connectivity index (χ2v) is 9.74. The summed E-state index contributed by atoms with van der Waals surface area (Å²) >= 11 is 3.04. The molecular formula is C25H23N3O2S2. The summed E-state index contributed by atoms with van der Waals surface area (Å²) in [6.45, 7) is 1.27. The molecule has 0 saturated heterocycles. The number of hydrogen-bond donors (Lipinski definition) is 0. The van der Waals surface area contributed by atoms with Gasteiger partial charge in [-0.15, -0.1) is 11.3 Å². The highest BCUT2D eigenvalue weighted by atomic mass is 32.2. The molecule has 1 amide bonds. The summed E-state index contributed by atoms with van der Waals surface area (Å²) in [6, 6.07) is 19.6. The van der Waals surface area contributed by atoms with Crippen LogP contribution in [-0.2, 0) is 24.2 Å². The Bertz CT molecular complexity index is 1310. The Kier molecular flexibility index (Phi) is 6.10. The number of aryl methyl sites for hydroxylation is 2. The fourth-order valence-electron chi connectivity index (χ4n) is 4.13. The van der Waals surface area contributed by atoms with Crippen LogP contribution in [0.15, 0.2) is 76.0 Å². The summed E-state index contributed by atoms with van der Waals surface area (Å²) in [5, 5.41) is 3.25. The van der Waals surface area contributed by atoms with E-state index in [9.17, 15) is 9.59 Å². The van der Waals surface area contributed by atoms with Gasteiger partial charge in [0, 0.05) is 23.7 Å². The first-order valence-corrected chi connectivity index (χ1v) is 12.6. The van der Waals surface area contributed by atoms with Gasteiger partial charge in [0.2, 0.25) is 5.91 Å². The third-order valence-electron chi connectivity index (χ3n) is 5.72.